The summed E-state index contributed by atoms with van der Waals surface area (Å²) >= 11 is 6.59. The van der Waals surface area contributed by atoms with E-state index in [-0.39, 0.29) is 35.8 Å². The SMILES string of the molecule is CCC(N(C)CCS(=O)(=O)c1ccccn1)C1(c2cc3c(Nc4ccc(OCc5cccc(F)c5)c(Cl)c4)ncnc3cc2OC)CC=CO1. The summed E-state index contributed by atoms with van der Waals surface area (Å²) in [4.78, 5) is 15.2. The van der Waals surface area contributed by atoms with Crippen molar-refractivity contribution >= 4 is 43.8 Å². The summed E-state index contributed by atoms with van der Waals surface area (Å²) in [5, 5.41) is 4.50. The van der Waals surface area contributed by atoms with E-state index in [0.717, 1.165) is 10.9 Å². The Bertz CT molecular complexity index is 2110. The molecule has 13 heteroatoms. The molecule has 0 radical (unpaired) electrons. The summed E-state index contributed by atoms with van der Waals surface area (Å²) in [5.41, 5.74) is 1.88. The van der Waals surface area contributed by atoms with Crippen molar-refractivity contribution in [3.05, 3.63) is 120 Å². The molecular weight excluding hydrogens is 681 g/mol. The first-order valence-corrected chi connectivity index (χ1v) is 18.1. The van der Waals surface area contributed by atoms with Crippen LogP contribution in [0.1, 0.15) is 30.9 Å². The second-order valence-corrected chi connectivity index (χ2v) is 14.4. The lowest BCUT2D eigenvalue weighted by Crippen LogP contribution is -2.50. The first-order valence-electron chi connectivity index (χ1n) is 16.1. The molecule has 0 fully saturated rings. The highest BCUT2D eigenvalue weighted by Crippen LogP contribution is 2.47. The summed E-state index contributed by atoms with van der Waals surface area (Å²) in [6.45, 7) is 2.48. The number of anilines is 2. The van der Waals surface area contributed by atoms with Gasteiger partial charge in [0.05, 0.1) is 35.7 Å². The molecule has 10 nitrogen and oxygen atoms in total. The molecule has 6 rings (SSSR count). The number of ether oxygens (including phenoxy) is 3. The Morgan fingerprint density at radius 3 is 2.62 bits per heavy atom. The van der Waals surface area contributed by atoms with Gasteiger partial charge in [-0.2, -0.15) is 0 Å². The molecule has 0 amide bonds. The number of likely N-dealkylation sites (N-methyl/N-ethyl adjacent to an activating group) is 1. The first-order chi connectivity index (χ1) is 24.1. The lowest BCUT2D eigenvalue weighted by molar-refractivity contribution is -0.0411. The summed E-state index contributed by atoms with van der Waals surface area (Å²) in [7, 11) is -0.0859. The Labute approximate surface area is 295 Å². The smallest absolute Gasteiger partial charge is 0.196 e. The van der Waals surface area contributed by atoms with E-state index in [1.54, 1.807) is 49.8 Å². The number of benzene rings is 3. The first kappa shape index (κ1) is 35.1. The van der Waals surface area contributed by atoms with Crippen molar-refractivity contribution in [1.82, 2.24) is 19.9 Å². The lowest BCUT2D eigenvalue weighted by atomic mass is 9.80. The normalized spacial score (nSPS) is 16.4. The molecule has 0 bridgehead atoms. The van der Waals surface area contributed by atoms with Crippen molar-refractivity contribution in [2.24, 2.45) is 0 Å². The highest BCUT2D eigenvalue weighted by molar-refractivity contribution is 7.91. The summed E-state index contributed by atoms with van der Waals surface area (Å²) in [6.07, 6.45) is 7.79. The molecule has 0 spiro atoms. The molecule has 1 aliphatic rings. The van der Waals surface area contributed by atoms with E-state index in [2.05, 4.69) is 27.2 Å². The fourth-order valence-electron chi connectivity index (χ4n) is 6.36. The van der Waals surface area contributed by atoms with Crippen molar-refractivity contribution in [3.8, 4) is 11.5 Å². The molecule has 1 aliphatic heterocycles. The van der Waals surface area contributed by atoms with E-state index < -0.39 is 15.4 Å². The van der Waals surface area contributed by atoms with E-state index in [1.165, 1.54) is 30.7 Å². The van der Waals surface area contributed by atoms with Crippen LogP contribution < -0.4 is 14.8 Å². The van der Waals surface area contributed by atoms with E-state index in [4.69, 9.17) is 25.8 Å². The summed E-state index contributed by atoms with van der Waals surface area (Å²) in [6, 6.07) is 20.0. The average molecular weight is 718 g/mol. The molecule has 0 saturated heterocycles. The van der Waals surface area contributed by atoms with E-state index in [9.17, 15) is 12.8 Å². The highest BCUT2D eigenvalue weighted by Gasteiger charge is 2.47. The quantitative estimate of drug-likeness (QED) is 0.124. The van der Waals surface area contributed by atoms with Crippen LogP contribution in [0.5, 0.6) is 11.5 Å². The molecular formula is C37H37ClFN5O5S. The van der Waals surface area contributed by atoms with Crippen LogP contribution >= 0.6 is 11.6 Å². The molecule has 3 aromatic carbocycles. The molecule has 0 aliphatic carbocycles. The van der Waals surface area contributed by atoms with Gasteiger partial charge in [-0.1, -0.05) is 36.7 Å². The predicted octanol–water partition coefficient (Wildman–Crippen LogP) is 7.46. The molecule has 3 heterocycles. The number of sulfone groups is 1. The van der Waals surface area contributed by atoms with Gasteiger partial charge in [0.15, 0.2) is 20.5 Å². The van der Waals surface area contributed by atoms with Gasteiger partial charge in [0.25, 0.3) is 0 Å². The fourth-order valence-corrected chi connectivity index (χ4v) is 7.84. The van der Waals surface area contributed by atoms with Gasteiger partial charge in [-0.3, -0.25) is 4.90 Å². The Kier molecular flexibility index (Phi) is 10.5. The Balaban J connectivity index is 1.28. The third kappa shape index (κ3) is 7.37. The minimum atomic E-state index is -3.60. The summed E-state index contributed by atoms with van der Waals surface area (Å²) < 4.78 is 58.0. The number of halogens is 2. The van der Waals surface area contributed by atoms with Gasteiger partial charge < -0.3 is 19.5 Å². The van der Waals surface area contributed by atoms with Crippen LogP contribution in [0.15, 0.2) is 103 Å². The lowest BCUT2D eigenvalue weighted by Gasteiger charge is -2.42. The van der Waals surface area contributed by atoms with Crippen molar-refractivity contribution in [2.45, 2.75) is 43.0 Å². The third-order valence-corrected chi connectivity index (χ3v) is 10.7. The van der Waals surface area contributed by atoms with Crippen LogP contribution in [-0.2, 0) is 26.8 Å². The Morgan fingerprint density at radius 2 is 1.92 bits per heavy atom. The number of nitrogens with zero attached hydrogens (tertiary/aromatic N) is 4. The number of fused-ring (bicyclic) bond motifs is 1. The second kappa shape index (κ2) is 15.0. The van der Waals surface area contributed by atoms with Crippen LogP contribution in [0.2, 0.25) is 5.02 Å². The van der Waals surface area contributed by atoms with E-state index >= 15 is 0 Å². The van der Waals surface area contributed by atoms with E-state index in [1.807, 2.05) is 36.2 Å². The van der Waals surface area contributed by atoms with Crippen molar-refractivity contribution in [1.29, 1.82) is 0 Å². The molecule has 1 N–H and O–H groups in total. The number of pyridine rings is 1. The van der Waals surface area contributed by atoms with Gasteiger partial charge >= 0.3 is 0 Å². The number of hydrogen-bond acceptors (Lipinski definition) is 10. The number of methoxy groups -OCH3 is 1. The standard InChI is InChI=1S/C37H37ClFN5O5S/c1-4-34(44(2)16-18-50(45,46)35-11-5-6-15-40-35)37(14-8-17-49-37)29-21-28-31(22-33(29)47-3)41-24-42-36(28)43-27-12-13-32(30(38)20-27)48-23-25-9-7-10-26(39)19-25/h5-13,15,17,19-22,24,34H,4,14,16,18,23H2,1-3H3,(H,41,42,43). The Morgan fingerprint density at radius 1 is 1.06 bits per heavy atom. The van der Waals surface area contributed by atoms with Gasteiger partial charge in [-0.25, -0.2) is 27.8 Å². The molecule has 5 aromatic rings. The fraction of sp³-hybridized carbons (Fsp3) is 0.270. The number of aromatic nitrogens is 3. The number of nitrogens with one attached hydrogen (secondary N) is 1. The minimum Gasteiger partial charge on any atom is -0.496 e. The number of rotatable bonds is 14. The predicted molar refractivity (Wildman–Crippen MR) is 191 cm³/mol. The van der Waals surface area contributed by atoms with Crippen LogP contribution in [-0.4, -0.2) is 60.8 Å². The van der Waals surface area contributed by atoms with Crippen LogP contribution in [0.4, 0.5) is 15.9 Å². The van der Waals surface area contributed by atoms with Crippen molar-refractivity contribution in [3.63, 3.8) is 0 Å². The highest BCUT2D eigenvalue weighted by atomic mass is 35.5. The molecule has 2 aromatic heterocycles. The van der Waals surface area contributed by atoms with Gasteiger partial charge in [0.1, 0.15) is 36.1 Å². The van der Waals surface area contributed by atoms with Crippen LogP contribution in [0.25, 0.3) is 10.9 Å². The summed E-state index contributed by atoms with van der Waals surface area (Å²) in [5.74, 6) is 1.14. The zero-order chi connectivity index (χ0) is 35.3. The molecule has 0 saturated carbocycles. The average Bonchev–Trinajstić information content (AvgIpc) is 3.61. The number of hydrogen-bond donors (Lipinski definition) is 1. The van der Waals surface area contributed by atoms with Crippen molar-refractivity contribution in [2.75, 3.05) is 31.8 Å². The molecule has 2 unspecified atom stereocenters. The topological polar surface area (TPSA) is 116 Å². The third-order valence-electron chi connectivity index (χ3n) is 8.81. The molecule has 50 heavy (non-hydrogen) atoms. The van der Waals surface area contributed by atoms with Gasteiger partial charge in [-0.15, -0.1) is 0 Å². The Hall–Kier alpha value is -4.78. The van der Waals surface area contributed by atoms with Crippen LogP contribution in [0, 0.1) is 5.82 Å². The zero-order valence-electron chi connectivity index (χ0n) is 27.8. The van der Waals surface area contributed by atoms with Gasteiger partial charge in [0.2, 0.25) is 0 Å². The maximum Gasteiger partial charge on any atom is 0.196 e. The van der Waals surface area contributed by atoms with Gasteiger partial charge in [0, 0.05) is 41.9 Å². The van der Waals surface area contributed by atoms with Gasteiger partial charge in [-0.05, 0) is 73.6 Å². The van der Waals surface area contributed by atoms with Crippen LogP contribution in [0.3, 0.4) is 0 Å². The second-order valence-electron chi connectivity index (χ2n) is 12.0. The maximum absolute atomic E-state index is 13.6. The minimum absolute atomic E-state index is 0.0542. The monoisotopic (exact) mass is 717 g/mol. The largest absolute Gasteiger partial charge is 0.496 e. The molecule has 260 valence electrons. The molecule has 2 atom stereocenters. The maximum atomic E-state index is 13.6. The zero-order valence-corrected chi connectivity index (χ0v) is 29.4. The van der Waals surface area contributed by atoms with Crippen molar-refractivity contribution < 1.29 is 27.0 Å². The van der Waals surface area contributed by atoms with E-state index in [0.29, 0.717) is 51.9 Å².